The van der Waals surface area contributed by atoms with Gasteiger partial charge in [-0.3, -0.25) is 0 Å². The van der Waals surface area contributed by atoms with E-state index >= 15 is 0 Å². The molecule has 0 aliphatic carbocycles. The largest absolute Gasteiger partial charge is 0.539 e. The van der Waals surface area contributed by atoms with Crippen LogP contribution >= 0.6 is 0 Å². The molecule has 0 saturated carbocycles. The lowest BCUT2D eigenvalue weighted by Crippen LogP contribution is -2.31. The van der Waals surface area contributed by atoms with Gasteiger partial charge in [-0.2, -0.15) is 0 Å². The molecule has 1 aromatic carbocycles. The maximum Gasteiger partial charge on any atom is 0.239 e. The summed E-state index contributed by atoms with van der Waals surface area (Å²) in [6, 6.07) is 7.43. The van der Waals surface area contributed by atoms with Gasteiger partial charge in [0.2, 0.25) is 11.9 Å². The molecule has 14 heavy (non-hydrogen) atoms. The number of nitrogens with zero attached hydrogens (tertiary/aromatic N) is 2. The van der Waals surface area contributed by atoms with Crippen molar-refractivity contribution in [1.82, 2.24) is 5.27 Å². The Morgan fingerprint density at radius 3 is 3.00 bits per heavy atom. The summed E-state index contributed by atoms with van der Waals surface area (Å²) in [5, 5.41) is 14.3. The average molecular weight is 191 g/mol. The van der Waals surface area contributed by atoms with Crippen LogP contribution < -0.4 is 15.5 Å². The van der Waals surface area contributed by atoms with Crippen LogP contribution in [0.25, 0.3) is 5.69 Å². The summed E-state index contributed by atoms with van der Waals surface area (Å²) >= 11 is 0. The van der Waals surface area contributed by atoms with Gasteiger partial charge in [0.15, 0.2) is 0 Å². The average Bonchev–Trinajstić information content (AvgIpc) is 2.65. The number of nitrogens with two attached hydrogens (primary N) is 1. The molecule has 2 aromatic rings. The van der Waals surface area contributed by atoms with Gasteiger partial charge in [0, 0.05) is 18.7 Å². The van der Waals surface area contributed by atoms with Gasteiger partial charge in [-0.05, 0) is 10.2 Å². The van der Waals surface area contributed by atoms with Crippen molar-refractivity contribution >= 4 is 0 Å². The molecule has 5 nitrogen and oxygen atoms in total. The minimum absolute atomic E-state index is 0.455. The third-order valence-corrected chi connectivity index (χ3v) is 1.86. The smallest absolute Gasteiger partial charge is 0.239 e. The summed E-state index contributed by atoms with van der Waals surface area (Å²) in [6.45, 7) is 0.455. The predicted octanol–water partition coefficient (Wildman–Crippen LogP) is -0.516. The van der Waals surface area contributed by atoms with Crippen LogP contribution in [0.3, 0.4) is 0 Å². The number of hydrogen-bond acceptors (Lipinski definition) is 4. The lowest BCUT2D eigenvalue weighted by atomic mass is 10.2. The Kier molecular flexibility index (Phi) is 2.16. The number of aromatic nitrogens is 2. The van der Waals surface area contributed by atoms with Crippen molar-refractivity contribution in [2.45, 2.75) is 6.54 Å². The third-order valence-electron chi connectivity index (χ3n) is 1.86. The molecule has 1 aromatic heterocycles. The van der Waals surface area contributed by atoms with Crippen LogP contribution in [0.4, 0.5) is 0 Å². The monoisotopic (exact) mass is 191 g/mol. The highest BCUT2D eigenvalue weighted by Crippen LogP contribution is 2.05. The Bertz CT molecular complexity index is 439. The molecule has 0 unspecified atom stereocenters. The Balaban J connectivity index is 2.41. The lowest BCUT2D eigenvalue weighted by molar-refractivity contribution is -0.670. The van der Waals surface area contributed by atoms with Crippen molar-refractivity contribution in [3.63, 3.8) is 0 Å². The SMILES string of the molecule is NCc1cccc(-[n+]2cc([O-])on2)c1. The molecule has 1 heterocycles. The zero-order chi connectivity index (χ0) is 9.97. The fourth-order valence-electron chi connectivity index (χ4n) is 1.18. The molecule has 5 heteroatoms. The highest BCUT2D eigenvalue weighted by molar-refractivity contribution is 5.28. The van der Waals surface area contributed by atoms with E-state index in [-0.39, 0.29) is 0 Å². The van der Waals surface area contributed by atoms with Gasteiger partial charge in [-0.25, -0.2) is 0 Å². The van der Waals surface area contributed by atoms with Crippen LogP contribution in [0, 0.1) is 0 Å². The maximum atomic E-state index is 10.7. The fourth-order valence-corrected chi connectivity index (χ4v) is 1.18. The standard InChI is InChI=1S/C9H9N3O2/c10-5-7-2-1-3-8(4-7)12-6-9(13)14-11-12/h1-4,6H,5,10H2. The van der Waals surface area contributed by atoms with E-state index in [0.717, 1.165) is 11.3 Å². The van der Waals surface area contributed by atoms with Crippen molar-refractivity contribution in [3.05, 3.63) is 36.0 Å². The first-order chi connectivity index (χ1) is 6.79. The number of rotatable bonds is 2. The zero-order valence-corrected chi connectivity index (χ0v) is 7.38. The van der Waals surface area contributed by atoms with Crippen molar-refractivity contribution < 1.29 is 14.3 Å². The summed E-state index contributed by atoms with van der Waals surface area (Å²) in [6.07, 6.45) is 1.27. The first-order valence-electron chi connectivity index (χ1n) is 4.14. The molecule has 0 aliphatic rings. The molecule has 2 N–H and O–H groups in total. The van der Waals surface area contributed by atoms with Gasteiger partial charge in [0.1, 0.15) is 5.95 Å². The molecule has 72 valence electrons. The molecule has 0 atom stereocenters. The third kappa shape index (κ3) is 1.57. The normalized spacial score (nSPS) is 10.4. The molecule has 0 amide bonds. The van der Waals surface area contributed by atoms with Crippen LogP contribution in [0.15, 0.2) is 35.0 Å². The molecule has 0 bridgehead atoms. The topological polar surface area (TPSA) is 79.0 Å². The minimum atomic E-state index is -0.469. The van der Waals surface area contributed by atoms with Crippen molar-refractivity contribution in [2.75, 3.05) is 0 Å². The van der Waals surface area contributed by atoms with Gasteiger partial charge in [-0.15, -0.1) is 0 Å². The van der Waals surface area contributed by atoms with Gasteiger partial charge >= 0.3 is 0 Å². The second kappa shape index (κ2) is 3.47. The lowest BCUT2D eigenvalue weighted by Gasteiger charge is -1.94. The Hall–Kier alpha value is -1.88. The van der Waals surface area contributed by atoms with E-state index in [2.05, 4.69) is 9.79 Å². The molecule has 0 fully saturated rings. The summed E-state index contributed by atoms with van der Waals surface area (Å²) in [5.74, 6) is -0.469. The van der Waals surface area contributed by atoms with E-state index in [1.54, 1.807) is 0 Å². The maximum absolute atomic E-state index is 10.7. The van der Waals surface area contributed by atoms with E-state index in [4.69, 9.17) is 5.73 Å². The Morgan fingerprint density at radius 1 is 1.50 bits per heavy atom. The van der Waals surface area contributed by atoms with Crippen molar-refractivity contribution in [2.24, 2.45) is 5.73 Å². The molecular formula is C9H9N3O2. The van der Waals surface area contributed by atoms with E-state index in [0.29, 0.717) is 6.54 Å². The van der Waals surface area contributed by atoms with Crippen LogP contribution in [0.5, 0.6) is 5.95 Å². The molecule has 0 radical (unpaired) electrons. The first kappa shape index (κ1) is 8.71. The highest BCUT2D eigenvalue weighted by Gasteiger charge is 2.08. The van der Waals surface area contributed by atoms with Gasteiger partial charge in [0.05, 0.1) is 5.27 Å². The molecular weight excluding hydrogens is 182 g/mol. The summed E-state index contributed by atoms with van der Waals surface area (Å²) in [7, 11) is 0. The van der Waals surface area contributed by atoms with E-state index in [1.165, 1.54) is 10.9 Å². The molecule has 0 aliphatic heterocycles. The minimum Gasteiger partial charge on any atom is -0.539 e. The van der Waals surface area contributed by atoms with E-state index in [1.807, 2.05) is 24.3 Å². The van der Waals surface area contributed by atoms with Gasteiger partial charge in [-0.1, -0.05) is 12.1 Å². The van der Waals surface area contributed by atoms with Crippen LogP contribution in [-0.2, 0) is 6.54 Å². The molecule has 2 rings (SSSR count). The quantitative estimate of drug-likeness (QED) is 0.648. The van der Waals surface area contributed by atoms with Crippen LogP contribution in [0.1, 0.15) is 5.56 Å². The summed E-state index contributed by atoms with van der Waals surface area (Å²) in [5.41, 5.74) is 7.23. The molecule has 0 spiro atoms. The number of benzene rings is 1. The fraction of sp³-hybridized carbons (Fsp3) is 0.111. The van der Waals surface area contributed by atoms with Crippen LogP contribution in [0.2, 0.25) is 0 Å². The summed E-state index contributed by atoms with van der Waals surface area (Å²) in [4.78, 5) is 0. The van der Waals surface area contributed by atoms with E-state index in [9.17, 15) is 5.11 Å². The Morgan fingerprint density at radius 2 is 2.36 bits per heavy atom. The highest BCUT2D eigenvalue weighted by atomic mass is 16.6. The second-order valence-corrected chi connectivity index (χ2v) is 2.84. The van der Waals surface area contributed by atoms with Gasteiger partial charge < -0.3 is 15.4 Å². The van der Waals surface area contributed by atoms with Crippen molar-refractivity contribution in [3.8, 4) is 11.6 Å². The predicted molar refractivity (Wildman–Crippen MR) is 45.4 cm³/mol. The van der Waals surface area contributed by atoms with Crippen molar-refractivity contribution in [1.29, 1.82) is 0 Å². The van der Waals surface area contributed by atoms with Gasteiger partial charge in [0.25, 0.3) is 0 Å². The number of hydrogen-bond donors (Lipinski definition) is 1. The Labute approximate surface area is 80.4 Å². The summed E-state index contributed by atoms with van der Waals surface area (Å²) < 4.78 is 5.80. The first-order valence-corrected chi connectivity index (χ1v) is 4.14. The second-order valence-electron chi connectivity index (χ2n) is 2.84. The van der Waals surface area contributed by atoms with Crippen LogP contribution in [-0.4, -0.2) is 5.27 Å². The van der Waals surface area contributed by atoms with E-state index < -0.39 is 5.95 Å². The molecule has 0 saturated heterocycles. The zero-order valence-electron chi connectivity index (χ0n) is 7.38.